The van der Waals surface area contributed by atoms with Crippen LogP contribution < -0.4 is 22.1 Å². The van der Waals surface area contributed by atoms with Crippen LogP contribution in [0.2, 0.25) is 0 Å². The fraction of sp³-hybridized carbons (Fsp3) is 0.120. The second-order valence-electron chi connectivity index (χ2n) is 7.25. The molecule has 3 rings (SSSR count). The normalized spacial score (nSPS) is 10.9. The van der Waals surface area contributed by atoms with E-state index in [0.29, 0.717) is 23.4 Å². The summed E-state index contributed by atoms with van der Waals surface area (Å²) in [4.78, 5) is 24.8. The smallest absolute Gasteiger partial charge is 0.251 e. The summed E-state index contributed by atoms with van der Waals surface area (Å²) >= 11 is 0. The number of guanidine groups is 1. The lowest BCUT2D eigenvalue weighted by Crippen LogP contribution is -2.34. The lowest BCUT2D eigenvalue weighted by atomic mass is 10.0. The maximum atomic E-state index is 12.4. The highest BCUT2D eigenvalue weighted by atomic mass is 16.2. The van der Waals surface area contributed by atoms with Crippen molar-refractivity contribution in [3.8, 4) is 11.1 Å². The predicted octanol–water partition coefficient (Wildman–Crippen LogP) is 2.51. The zero-order valence-electron chi connectivity index (χ0n) is 18.3. The number of amides is 2. The van der Waals surface area contributed by atoms with Gasteiger partial charge in [0, 0.05) is 24.2 Å². The van der Waals surface area contributed by atoms with Gasteiger partial charge in [-0.15, -0.1) is 5.10 Å². The van der Waals surface area contributed by atoms with Crippen LogP contribution in [-0.2, 0) is 0 Å². The van der Waals surface area contributed by atoms with Gasteiger partial charge in [0.15, 0.2) is 0 Å². The molecule has 0 bridgehead atoms. The van der Waals surface area contributed by atoms with Gasteiger partial charge in [-0.1, -0.05) is 54.6 Å². The molecule has 0 saturated heterocycles. The first kappa shape index (κ1) is 23.2. The van der Waals surface area contributed by atoms with E-state index < -0.39 is 0 Å². The molecule has 168 valence electrons. The van der Waals surface area contributed by atoms with Crippen molar-refractivity contribution in [2.75, 3.05) is 13.1 Å². The van der Waals surface area contributed by atoms with Gasteiger partial charge >= 0.3 is 0 Å². The summed E-state index contributed by atoms with van der Waals surface area (Å²) in [5.74, 6) is -0.595. The van der Waals surface area contributed by atoms with Crippen LogP contribution in [0.4, 0.5) is 0 Å². The highest BCUT2D eigenvalue weighted by Gasteiger charge is 2.09. The molecule has 8 heteroatoms. The third kappa shape index (κ3) is 6.76. The Kier molecular flexibility index (Phi) is 7.91. The molecular weight excluding hydrogens is 416 g/mol. The molecule has 6 N–H and O–H groups in total. The molecule has 0 aromatic heterocycles. The summed E-state index contributed by atoms with van der Waals surface area (Å²) in [6.45, 7) is 2.33. The van der Waals surface area contributed by atoms with Crippen molar-refractivity contribution in [1.82, 2.24) is 10.6 Å². The second kappa shape index (κ2) is 11.2. The molecule has 0 spiro atoms. The maximum Gasteiger partial charge on any atom is 0.251 e. The van der Waals surface area contributed by atoms with E-state index in [-0.39, 0.29) is 24.3 Å². The first-order valence-corrected chi connectivity index (χ1v) is 10.4. The fourth-order valence-corrected chi connectivity index (χ4v) is 3.08. The molecule has 0 aliphatic carbocycles. The summed E-state index contributed by atoms with van der Waals surface area (Å²) in [5.41, 5.74) is 15.0. The molecule has 0 atom stereocenters. The zero-order chi connectivity index (χ0) is 23.6. The minimum absolute atomic E-state index is 0.141. The minimum Gasteiger partial charge on any atom is -0.369 e. The lowest BCUT2D eigenvalue weighted by Gasteiger charge is -2.09. The van der Waals surface area contributed by atoms with Crippen molar-refractivity contribution >= 4 is 23.5 Å². The van der Waals surface area contributed by atoms with Gasteiger partial charge < -0.3 is 22.1 Å². The number of nitrogens with one attached hydrogen (secondary N) is 2. The largest absolute Gasteiger partial charge is 0.369 e. The Balaban J connectivity index is 1.49. The maximum absolute atomic E-state index is 12.4. The molecule has 0 saturated carbocycles. The minimum atomic E-state index is -0.257. The van der Waals surface area contributed by atoms with Gasteiger partial charge in [0.1, 0.15) is 0 Å². The van der Waals surface area contributed by atoms with E-state index >= 15 is 0 Å². The topological polar surface area (TPSA) is 135 Å². The van der Waals surface area contributed by atoms with E-state index in [1.807, 2.05) is 42.5 Å². The summed E-state index contributed by atoms with van der Waals surface area (Å²) in [5, 5.41) is 13.1. The van der Waals surface area contributed by atoms with E-state index in [1.54, 1.807) is 43.3 Å². The molecule has 0 heterocycles. The van der Waals surface area contributed by atoms with Gasteiger partial charge in [-0.25, -0.2) is 0 Å². The van der Waals surface area contributed by atoms with E-state index in [0.717, 1.165) is 16.7 Å². The Labute approximate surface area is 192 Å². The van der Waals surface area contributed by atoms with E-state index in [9.17, 15) is 9.59 Å². The Hall–Kier alpha value is -4.46. The lowest BCUT2D eigenvalue weighted by molar-refractivity contribution is 0.0927. The second-order valence-corrected chi connectivity index (χ2v) is 7.25. The number of rotatable bonds is 8. The Morgan fingerprint density at radius 2 is 1.27 bits per heavy atom. The van der Waals surface area contributed by atoms with Crippen LogP contribution in [0.3, 0.4) is 0 Å². The SMILES string of the molecule is CC(=NN=C(N)N)c1cccc(C(=O)NCCNC(=O)c2ccc(-c3ccccc3)cc2)c1. The van der Waals surface area contributed by atoms with Crippen LogP contribution in [0.1, 0.15) is 33.2 Å². The predicted molar refractivity (Wildman–Crippen MR) is 131 cm³/mol. The van der Waals surface area contributed by atoms with E-state index in [1.165, 1.54) is 0 Å². The number of carbonyl (C=O) groups excluding carboxylic acids is 2. The molecular formula is C25H26N6O2. The van der Waals surface area contributed by atoms with Gasteiger partial charge in [-0.05, 0) is 47.9 Å². The Bertz CT molecular complexity index is 1170. The summed E-state index contributed by atoms with van der Waals surface area (Å²) in [6.07, 6.45) is 0. The first-order valence-electron chi connectivity index (χ1n) is 10.4. The van der Waals surface area contributed by atoms with Crippen molar-refractivity contribution < 1.29 is 9.59 Å². The number of carbonyl (C=O) groups is 2. The van der Waals surface area contributed by atoms with Crippen LogP contribution in [0.25, 0.3) is 11.1 Å². The van der Waals surface area contributed by atoms with Gasteiger partial charge in [0.2, 0.25) is 5.96 Å². The quantitative estimate of drug-likeness (QED) is 0.184. The molecule has 3 aromatic rings. The third-order valence-electron chi connectivity index (χ3n) is 4.81. The van der Waals surface area contributed by atoms with Crippen LogP contribution in [-0.4, -0.2) is 36.6 Å². The molecule has 8 nitrogen and oxygen atoms in total. The fourth-order valence-electron chi connectivity index (χ4n) is 3.08. The Morgan fingerprint density at radius 3 is 1.91 bits per heavy atom. The Morgan fingerprint density at radius 1 is 0.697 bits per heavy atom. The average Bonchev–Trinajstić information content (AvgIpc) is 2.85. The van der Waals surface area contributed by atoms with Crippen molar-refractivity contribution in [2.24, 2.45) is 21.7 Å². The van der Waals surface area contributed by atoms with Gasteiger partial charge in [0.25, 0.3) is 11.8 Å². The van der Waals surface area contributed by atoms with Crippen molar-refractivity contribution in [1.29, 1.82) is 0 Å². The van der Waals surface area contributed by atoms with Crippen LogP contribution in [0.5, 0.6) is 0 Å². The summed E-state index contributed by atoms with van der Waals surface area (Å²) in [7, 11) is 0. The van der Waals surface area contributed by atoms with E-state index in [2.05, 4.69) is 20.8 Å². The summed E-state index contributed by atoms with van der Waals surface area (Å²) < 4.78 is 0. The van der Waals surface area contributed by atoms with Crippen LogP contribution >= 0.6 is 0 Å². The third-order valence-corrected chi connectivity index (χ3v) is 4.81. The summed E-state index contributed by atoms with van der Waals surface area (Å²) in [6, 6.07) is 24.3. The molecule has 3 aromatic carbocycles. The molecule has 0 radical (unpaired) electrons. The number of hydrogen-bond donors (Lipinski definition) is 4. The number of hydrogen-bond acceptors (Lipinski definition) is 4. The van der Waals surface area contributed by atoms with Crippen LogP contribution in [0.15, 0.2) is 89.1 Å². The highest BCUT2D eigenvalue weighted by Crippen LogP contribution is 2.19. The van der Waals surface area contributed by atoms with Gasteiger partial charge in [0.05, 0.1) is 5.71 Å². The van der Waals surface area contributed by atoms with E-state index in [4.69, 9.17) is 11.5 Å². The zero-order valence-corrected chi connectivity index (χ0v) is 18.3. The monoisotopic (exact) mass is 442 g/mol. The number of benzene rings is 3. The number of nitrogens with two attached hydrogens (primary N) is 2. The highest BCUT2D eigenvalue weighted by molar-refractivity contribution is 6.02. The molecule has 0 aliphatic rings. The average molecular weight is 443 g/mol. The first-order chi connectivity index (χ1) is 15.9. The standard InChI is InChI=1S/C25H26N6O2/c1-17(30-31-25(26)27)21-8-5-9-22(16-21)24(33)29-15-14-28-23(32)20-12-10-19(11-13-20)18-6-3-2-4-7-18/h2-13,16H,14-15H2,1H3,(H,28,32)(H,29,33)(H4,26,27,31). The molecule has 0 unspecified atom stereocenters. The molecule has 2 amide bonds. The van der Waals surface area contributed by atoms with Crippen molar-refractivity contribution in [3.63, 3.8) is 0 Å². The molecule has 0 fully saturated rings. The number of nitrogens with zero attached hydrogens (tertiary/aromatic N) is 2. The molecule has 0 aliphatic heterocycles. The van der Waals surface area contributed by atoms with Gasteiger partial charge in [-0.3, -0.25) is 9.59 Å². The van der Waals surface area contributed by atoms with Crippen molar-refractivity contribution in [2.45, 2.75) is 6.92 Å². The van der Waals surface area contributed by atoms with Crippen LogP contribution in [0, 0.1) is 0 Å². The van der Waals surface area contributed by atoms with Crippen molar-refractivity contribution in [3.05, 3.63) is 95.6 Å². The van der Waals surface area contributed by atoms with Gasteiger partial charge in [-0.2, -0.15) is 5.10 Å². The molecule has 33 heavy (non-hydrogen) atoms.